The maximum atomic E-state index is 13.6. The van der Waals surface area contributed by atoms with E-state index in [1.807, 2.05) is 4.90 Å². The average Bonchev–Trinajstić information content (AvgIpc) is 2.77. The fraction of sp³-hybridized carbons (Fsp3) is 0.708. The molecule has 2 bridgehead atoms. The maximum absolute atomic E-state index is 13.6. The maximum Gasteiger partial charge on any atom is 0.255 e. The summed E-state index contributed by atoms with van der Waals surface area (Å²) in [5.74, 6) is 1.10. The lowest BCUT2D eigenvalue weighted by Gasteiger charge is -2.57. The van der Waals surface area contributed by atoms with Gasteiger partial charge in [0.25, 0.3) is 5.91 Å². The van der Waals surface area contributed by atoms with E-state index in [1.54, 1.807) is 0 Å². The molecule has 4 aliphatic rings. The van der Waals surface area contributed by atoms with Gasteiger partial charge < -0.3 is 9.80 Å². The molecular formula is C24H32FN3O2. The standard InChI is InChI=1S/C24H32FN3O2/c25-20-11-17(12-26-13-20)24(30)27-14-18-10-19(15-27)22(9-16-5-2-1-3-6-16)28-21(18)7-4-8-23(28)29/h11-13,16,18-19,21-22H,1-10,14-15H2/t18-,19+,21+,22+/m1/s1. The lowest BCUT2D eigenvalue weighted by Crippen LogP contribution is -2.65. The lowest BCUT2D eigenvalue weighted by atomic mass is 9.69. The zero-order chi connectivity index (χ0) is 20.7. The second kappa shape index (κ2) is 8.27. The molecule has 4 atom stereocenters. The molecule has 162 valence electrons. The normalized spacial score (nSPS) is 32.1. The number of carbonyl (C=O) groups is 2. The van der Waals surface area contributed by atoms with Crippen LogP contribution in [0.5, 0.6) is 0 Å². The molecule has 1 aromatic rings. The number of halogens is 1. The highest BCUT2D eigenvalue weighted by molar-refractivity contribution is 5.94. The van der Waals surface area contributed by atoms with Crippen LogP contribution in [0.25, 0.3) is 0 Å². The highest BCUT2D eigenvalue weighted by Gasteiger charge is 2.50. The van der Waals surface area contributed by atoms with Crippen molar-refractivity contribution in [3.63, 3.8) is 0 Å². The van der Waals surface area contributed by atoms with Gasteiger partial charge in [0.05, 0.1) is 11.8 Å². The number of piperidine rings is 3. The molecule has 5 rings (SSSR count). The zero-order valence-corrected chi connectivity index (χ0v) is 17.6. The molecule has 5 nitrogen and oxygen atoms in total. The largest absolute Gasteiger partial charge is 0.338 e. The van der Waals surface area contributed by atoms with E-state index in [2.05, 4.69) is 9.88 Å². The predicted octanol–water partition coefficient (Wildman–Crippen LogP) is 4.03. The minimum absolute atomic E-state index is 0.122. The second-order valence-electron chi connectivity index (χ2n) is 9.93. The van der Waals surface area contributed by atoms with Gasteiger partial charge in [-0.25, -0.2) is 4.39 Å². The van der Waals surface area contributed by atoms with Crippen molar-refractivity contribution >= 4 is 11.8 Å². The molecule has 1 aliphatic carbocycles. The number of rotatable bonds is 3. The van der Waals surface area contributed by atoms with Crippen LogP contribution >= 0.6 is 0 Å². The van der Waals surface area contributed by atoms with Gasteiger partial charge >= 0.3 is 0 Å². The van der Waals surface area contributed by atoms with Crippen molar-refractivity contribution in [3.05, 3.63) is 29.8 Å². The molecule has 0 radical (unpaired) electrons. The number of fused-ring (bicyclic) bond motifs is 4. The van der Waals surface area contributed by atoms with Gasteiger partial charge in [0, 0.05) is 37.8 Å². The van der Waals surface area contributed by atoms with Gasteiger partial charge in [-0.2, -0.15) is 0 Å². The Morgan fingerprint density at radius 2 is 1.87 bits per heavy atom. The molecule has 4 heterocycles. The summed E-state index contributed by atoms with van der Waals surface area (Å²) < 4.78 is 13.6. The minimum Gasteiger partial charge on any atom is -0.338 e. The highest BCUT2D eigenvalue weighted by Crippen LogP contribution is 2.44. The lowest BCUT2D eigenvalue weighted by molar-refractivity contribution is -0.153. The number of likely N-dealkylation sites (tertiary alicyclic amines) is 1. The topological polar surface area (TPSA) is 53.5 Å². The van der Waals surface area contributed by atoms with Gasteiger partial charge in [-0.05, 0) is 49.5 Å². The predicted molar refractivity (Wildman–Crippen MR) is 111 cm³/mol. The third kappa shape index (κ3) is 3.74. The number of carbonyl (C=O) groups excluding carboxylic acids is 2. The van der Waals surface area contributed by atoms with E-state index < -0.39 is 5.82 Å². The Kier molecular flexibility index (Phi) is 5.50. The van der Waals surface area contributed by atoms with E-state index in [0.717, 1.165) is 31.9 Å². The van der Waals surface area contributed by atoms with Crippen LogP contribution < -0.4 is 0 Å². The van der Waals surface area contributed by atoms with Crippen molar-refractivity contribution in [2.75, 3.05) is 13.1 Å². The van der Waals surface area contributed by atoms with Gasteiger partial charge in [-0.1, -0.05) is 32.1 Å². The smallest absolute Gasteiger partial charge is 0.255 e. The summed E-state index contributed by atoms with van der Waals surface area (Å²) in [5, 5.41) is 0. The van der Waals surface area contributed by atoms with Crippen molar-refractivity contribution in [2.45, 2.75) is 76.3 Å². The molecule has 30 heavy (non-hydrogen) atoms. The van der Waals surface area contributed by atoms with Crippen molar-refractivity contribution < 1.29 is 14.0 Å². The molecule has 0 spiro atoms. The Morgan fingerprint density at radius 3 is 2.67 bits per heavy atom. The van der Waals surface area contributed by atoms with Crippen LogP contribution in [0.4, 0.5) is 4.39 Å². The van der Waals surface area contributed by atoms with E-state index in [0.29, 0.717) is 48.7 Å². The molecule has 1 saturated carbocycles. The molecule has 0 N–H and O–H groups in total. The first-order chi connectivity index (χ1) is 14.6. The van der Waals surface area contributed by atoms with Crippen molar-refractivity contribution in [1.29, 1.82) is 0 Å². The van der Waals surface area contributed by atoms with E-state index in [-0.39, 0.29) is 18.0 Å². The van der Waals surface area contributed by atoms with Crippen molar-refractivity contribution in [1.82, 2.24) is 14.8 Å². The minimum atomic E-state index is -0.475. The van der Waals surface area contributed by atoms with Crippen LogP contribution in [0, 0.1) is 23.6 Å². The summed E-state index contributed by atoms with van der Waals surface area (Å²) in [6, 6.07) is 1.80. The Balaban J connectivity index is 1.40. The van der Waals surface area contributed by atoms with E-state index in [1.165, 1.54) is 44.4 Å². The van der Waals surface area contributed by atoms with Crippen LogP contribution in [0.15, 0.2) is 18.5 Å². The van der Waals surface area contributed by atoms with Crippen molar-refractivity contribution in [3.8, 4) is 0 Å². The van der Waals surface area contributed by atoms with E-state index >= 15 is 0 Å². The van der Waals surface area contributed by atoms with Crippen LogP contribution in [0.2, 0.25) is 0 Å². The van der Waals surface area contributed by atoms with Gasteiger partial charge in [0.15, 0.2) is 0 Å². The Labute approximate surface area is 178 Å². The Morgan fingerprint density at radius 1 is 1.07 bits per heavy atom. The number of hydrogen-bond acceptors (Lipinski definition) is 3. The van der Waals surface area contributed by atoms with Crippen LogP contribution in [0.1, 0.15) is 74.6 Å². The van der Waals surface area contributed by atoms with Gasteiger partial charge in [-0.3, -0.25) is 14.6 Å². The van der Waals surface area contributed by atoms with E-state index in [9.17, 15) is 14.0 Å². The number of amides is 2. The first-order valence-corrected chi connectivity index (χ1v) is 11.8. The second-order valence-corrected chi connectivity index (χ2v) is 9.93. The summed E-state index contributed by atoms with van der Waals surface area (Å²) in [7, 11) is 0. The fourth-order valence-electron chi connectivity index (χ4n) is 6.72. The summed E-state index contributed by atoms with van der Waals surface area (Å²) in [6.07, 6.45) is 14.0. The first kappa shape index (κ1) is 20.0. The summed E-state index contributed by atoms with van der Waals surface area (Å²) in [4.78, 5) is 34.2. The average molecular weight is 414 g/mol. The molecule has 1 aromatic heterocycles. The summed E-state index contributed by atoms with van der Waals surface area (Å²) in [5.41, 5.74) is 0.329. The Bertz CT molecular complexity index is 809. The molecule has 3 aliphatic heterocycles. The number of pyridine rings is 1. The van der Waals surface area contributed by atoms with Crippen LogP contribution in [-0.4, -0.2) is 51.8 Å². The quantitative estimate of drug-likeness (QED) is 0.752. The van der Waals surface area contributed by atoms with Crippen LogP contribution in [0.3, 0.4) is 0 Å². The van der Waals surface area contributed by atoms with Gasteiger partial charge in [0.2, 0.25) is 5.91 Å². The summed E-state index contributed by atoms with van der Waals surface area (Å²) in [6.45, 7) is 1.33. The molecule has 0 unspecified atom stereocenters. The molecule has 4 fully saturated rings. The number of aromatic nitrogens is 1. The Hall–Kier alpha value is -1.98. The molecule has 2 amide bonds. The highest BCUT2D eigenvalue weighted by atomic mass is 19.1. The van der Waals surface area contributed by atoms with E-state index in [4.69, 9.17) is 0 Å². The van der Waals surface area contributed by atoms with Gasteiger partial charge in [0.1, 0.15) is 5.82 Å². The molecule has 0 aromatic carbocycles. The third-order valence-electron chi connectivity index (χ3n) is 8.04. The van der Waals surface area contributed by atoms with Gasteiger partial charge in [-0.15, -0.1) is 0 Å². The molecule has 6 heteroatoms. The zero-order valence-electron chi connectivity index (χ0n) is 17.6. The SMILES string of the molecule is O=C(c1cncc(F)c1)N1C[C@H]2C[C@@H](C1)[C@H](CC1CCCCC1)N1C(=O)CCC[C@@H]21. The summed E-state index contributed by atoms with van der Waals surface area (Å²) >= 11 is 0. The third-order valence-corrected chi connectivity index (χ3v) is 8.04. The monoisotopic (exact) mass is 413 g/mol. The number of nitrogens with zero attached hydrogens (tertiary/aromatic N) is 3. The van der Waals surface area contributed by atoms with Crippen molar-refractivity contribution in [2.24, 2.45) is 17.8 Å². The first-order valence-electron chi connectivity index (χ1n) is 11.8. The fourth-order valence-corrected chi connectivity index (χ4v) is 6.72. The number of hydrogen-bond donors (Lipinski definition) is 0. The molecule has 3 saturated heterocycles. The van der Waals surface area contributed by atoms with Crippen LogP contribution in [-0.2, 0) is 4.79 Å². The molecular weight excluding hydrogens is 381 g/mol.